The molecular formula is C23H29N3O3. The molecule has 0 radical (unpaired) electrons. The number of aryl methyl sites for hydroxylation is 1. The molecule has 3 aromatic rings. The zero-order valence-electron chi connectivity index (χ0n) is 17.1. The van der Waals surface area contributed by atoms with Crippen LogP contribution in [0.2, 0.25) is 0 Å². The molecule has 1 aromatic heterocycles. The molecule has 6 nitrogen and oxygen atoms in total. The van der Waals surface area contributed by atoms with Crippen molar-refractivity contribution in [2.75, 3.05) is 39.1 Å². The van der Waals surface area contributed by atoms with Gasteiger partial charge in [-0.05, 0) is 49.7 Å². The van der Waals surface area contributed by atoms with E-state index in [-0.39, 0.29) is 6.10 Å². The van der Waals surface area contributed by atoms with Crippen molar-refractivity contribution in [1.82, 2.24) is 9.47 Å². The second-order valence-electron chi connectivity index (χ2n) is 7.51. The molecule has 2 aromatic carbocycles. The Morgan fingerprint density at radius 2 is 1.90 bits per heavy atom. The van der Waals surface area contributed by atoms with Crippen molar-refractivity contribution < 1.29 is 14.6 Å². The van der Waals surface area contributed by atoms with Crippen LogP contribution in [0.15, 0.2) is 42.5 Å². The van der Waals surface area contributed by atoms with Crippen molar-refractivity contribution in [3.63, 3.8) is 0 Å². The summed E-state index contributed by atoms with van der Waals surface area (Å²) < 4.78 is 13.5. The third kappa shape index (κ3) is 3.91. The Hall–Kier alpha value is -2.70. The highest BCUT2D eigenvalue weighted by molar-refractivity contribution is 6.01. The number of hydrogen-bond acceptors (Lipinski definition) is 5. The maximum Gasteiger partial charge on any atom is 0.120 e. The van der Waals surface area contributed by atoms with E-state index in [2.05, 4.69) is 28.5 Å². The van der Waals surface area contributed by atoms with E-state index in [1.807, 2.05) is 30.3 Å². The van der Waals surface area contributed by atoms with Gasteiger partial charge in [-0.15, -0.1) is 0 Å². The molecule has 1 aliphatic rings. The Bertz CT molecular complexity index is 981. The summed E-state index contributed by atoms with van der Waals surface area (Å²) in [4.78, 5) is 2.23. The van der Waals surface area contributed by atoms with Gasteiger partial charge in [-0.25, -0.2) is 0 Å². The minimum atomic E-state index is -0.190. The number of β-amino-alcohol motifs (C(OH)–C–C–N with tert-alkyl or cyclic N) is 1. The van der Waals surface area contributed by atoms with Gasteiger partial charge in [0, 0.05) is 43.2 Å². The van der Waals surface area contributed by atoms with Gasteiger partial charge in [-0.3, -0.25) is 4.90 Å². The van der Waals surface area contributed by atoms with Crippen LogP contribution in [0.3, 0.4) is 0 Å². The van der Waals surface area contributed by atoms with E-state index in [1.165, 1.54) is 0 Å². The molecule has 0 bridgehead atoms. The Labute approximate surface area is 171 Å². The minimum absolute atomic E-state index is 0.190. The van der Waals surface area contributed by atoms with Crippen molar-refractivity contribution in [2.45, 2.75) is 26.0 Å². The zero-order chi connectivity index (χ0) is 20.4. The molecule has 6 heteroatoms. The van der Waals surface area contributed by atoms with Gasteiger partial charge in [-0.1, -0.05) is 0 Å². The van der Waals surface area contributed by atoms with Gasteiger partial charge in [-0.2, -0.15) is 0 Å². The number of nitrogens with two attached hydrogens (primary N) is 1. The minimum Gasteiger partial charge on any atom is -0.497 e. The number of nitrogen functional groups attached to an aromatic ring is 1. The summed E-state index contributed by atoms with van der Waals surface area (Å²) in [5.74, 6) is 1.67. The van der Waals surface area contributed by atoms with E-state index in [1.54, 1.807) is 7.11 Å². The highest BCUT2D eigenvalue weighted by Crippen LogP contribution is 2.38. The van der Waals surface area contributed by atoms with Gasteiger partial charge in [0.1, 0.15) is 18.1 Å². The van der Waals surface area contributed by atoms with Crippen molar-refractivity contribution >= 4 is 16.6 Å². The lowest BCUT2D eigenvalue weighted by Crippen LogP contribution is -2.27. The number of nitrogens with zero attached hydrogens (tertiary/aromatic N) is 2. The number of methoxy groups -OCH3 is 1. The first-order valence-corrected chi connectivity index (χ1v) is 10.2. The predicted octanol–water partition coefficient (Wildman–Crippen LogP) is 3.36. The number of aromatic nitrogens is 1. The summed E-state index contributed by atoms with van der Waals surface area (Å²) in [7, 11) is 1.68. The monoisotopic (exact) mass is 395 g/mol. The van der Waals surface area contributed by atoms with Crippen molar-refractivity contribution in [1.29, 1.82) is 0 Å². The Morgan fingerprint density at radius 1 is 1.14 bits per heavy atom. The van der Waals surface area contributed by atoms with E-state index in [0.29, 0.717) is 6.61 Å². The van der Waals surface area contributed by atoms with Crippen LogP contribution >= 0.6 is 0 Å². The molecule has 29 heavy (non-hydrogen) atoms. The van der Waals surface area contributed by atoms with E-state index < -0.39 is 0 Å². The van der Waals surface area contributed by atoms with Crippen LogP contribution < -0.4 is 15.2 Å². The normalized spacial score (nSPS) is 17.1. The number of fused-ring (bicyclic) bond motifs is 1. The highest BCUT2D eigenvalue weighted by atomic mass is 16.5. The zero-order valence-corrected chi connectivity index (χ0v) is 17.1. The molecule has 3 N–H and O–H groups in total. The number of rotatable bonds is 7. The molecule has 0 saturated carbocycles. The van der Waals surface area contributed by atoms with Crippen LogP contribution in [0.25, 0.3) is 22.2 Å². The molecule has 0 amide bonds. The van der Waals surface area contributed by atoms with Crippen LogP contribution in [-0.2, 0) is 6.54 Å². The summed E-state index contributed by atoms with van der Waals surface area (Å²) in [5.41, 5.74) is 10.5. The number of hydrogen-bond donors (Lipinski definition) is 2. The van der Waals surface area contributed by atoms with E-state index in [4.69, 9.17) is 15.2 Å². The topological polar surface area (TPSA) is 72.9 Å². The first-order chi connectivity index (χ1) is 14.1. The fourth-order valence-electron chi connectivity index (χ4n) is 4.14. The number of anilines is 1. The molecule has 1 fully saturated rings. The predicted molar refractivity (Wildman–Crippen MR) is 117 cm³/mol. The number of aliphatic hydroxyl groups is 1. The lowest BCUT2D eigenvalue weighted by Gasteiger charge is -2.15. The maximum absolute atomic E-state index is 9.60. The fraction of sp³-hybridized carbons (Fsp3) is 0.391. The van der Waals surface area contributed by atoms with Gasteiger partial charge in [0.15, 0.2) is 0 Å². The van der Waals surface area contributed by atoms with Crippen LogP contribution in [0, 0.1) is 0 Å². The van der Waals surface area contributed by atoms with Gasteiger partial charge < -0.3 is 24.9 Å². The molecule has 1 atom stereocenters. The Morgan fingerprint density at radius 3 is 2.55 bits per heavy atom. The first kappa shape index (κ1) is 19.6. The maximum atomic E-state index is 9.60. The number of benzene rings is 2. The Balaban J connectivity index is 1.52. The smallest absolute Gasteiger partial charge is 0.120 e. The number of aliphatic hydroxyl groups excluding tert-OH is 1. The third-order valence-electron chi connectivity index (χ3n) is 5.68. The summed E-state index contributed by atoms with van der Waals surface area (Å²) >= 11 is 0. The van der Waals surface area contributed by atoms with Crippen LogP contribution in [0.4, 0.5) is 5.69 Å². The number of ether oxygens (including phenoxy) is 2. The fourth-order valence-corrected chi connectivity index (χ4v) is 4.14. The second-order valence-corrected chi connectivity index (χ2v) is 7.51. The van der Waals surface area contributed by atoms with Gasteiger partial charge in [0.2, 0.25) is 0 Å². The van der Waals surface area contributed by atoms with Crippen LogP contribution in [0.5, 0.6) is 11.5 Å². The van der Waals surface area contributed by atoms with Crippen molar-refractivity contribution in [3.8, 4) is 22.8 Å². The SMILES string of the molecule is CCn1c(-c2ccc(OCCN3CC[C@H](O)C3)cc2)c(N)c2ccc(OC)cc21. The molecule has 1 saturated heterocycles. The average Bonchev–Trinajstić information content (AvgIpc) is 3.28. The van der Waals surface area contributed by atoms with Gasteiger partial charge >= 0.3 is 0 Å². The summed E-state index contributed by atoms with van der Waals surface area (Å²) in [6.45, 7) is 6.06. The molecule has 0 unspecified atom stereocenters. The summed E-state index contributed by atoms with van der Waals surface area (Å²) in [6, 6.07) is 14.1. The third-order valence-corrected chi connectivity index (χ3v) is 5.68. The molecular weight excluding hydrogens is 366 g/mol. The number of likely N-dealkylation sites (tertiary alicyclic amines) is 1. The van der Waals surface area contributed by atoms with Crippen molar-refractivity contribution in [3.05, 3.63) is 42.5 Å². The summed E-state index contributed by atoms with van der Waals surface area (Å²) in [5, 5.41) is 10.6. The lowest BCUT2D eigenvalue weighted by molar-refractivity contribution is 0.167. The van der Waals surface area contributed by atoms with Crippen LogP contribution in [-0.4, -0.2) is 54.0 Å². The second kappa shape index (κ2) is 8.35. The van der Waals surface area contributed by atoms with Gasteiger partial charge in [0.05, 0.1) is 30.1 Å². The Kier molecular flexibility index (Phi) is 5.65. The molecule has 0 spiro atoms. The van der Waals surface area contributed by atoms with Crippen LogP contribution in [0.1, 0.15) is 13.3 Å². The molecule has 154 valence electrons. The lowest BCUT2D eigenvalue weighted by atomic mass is 10.1. The molecule has 1 aliphatic heterocycles. The quantitative estimate of drug-likeness (QED) is 0.642. The molecule has 2 heterocycles. The standard InChI is InChI=1S/C23H29N3O3/c1-3-26-21-14-19(28-2)8-9-20(21)22(24)23(26)16-4-6-18(7-5-16)29-13-12-25-11-10-17(27)15-25/h4-9,14,17,27H,3,10-13,15,24H2,1-2H3/t17-/m0/s1. The first-order valence-electron chi connectivity index (χ1n) is 10.2. The summed E-state index contributed by atoms with van der Waals surface area (Å²) in [6.07, 6.45) is 0.665. The average molecular weight is 396 g/mol. The largest absolute Gasteiger partial charge is 0.497 e. The van der Waals surface area contributed by atoms with Crippen molar-refractivity contribution in [2.24, 2.45) is 0 Å². The van der Waals surface area contributed by atoms with E-state index >= 15 is 0 Å². The molecule has 4 rings (SSSR count). The molecule has 0 aliphatic carbocycles. The van der Waals surface area contributed by atoms with E-state index in [9.17, 15) is 5.11 Å². The van der Waals surface area contributed by atoms with Gasteiger partial charge in [0.25, 0.3) is 0 Å². The highest BCUT2D eigenvalue weighted by Gasteiger charge is 2.20. The van der Waals surface area contributed by atoms with E-state index in [0.717, 1.165) is 71.9 Å².